The summed E-state index contributed by atoms with van der Waals surface area (Å²) >= 11 is 0. The molecule has 34 heavy (non-hydrogen) atoms. The van der Waals surface area contributed by atoms with E-state index in [-0.39, 0.29) is 18.6 Å². The van der Waals surface area contributed by atoms with Gasteiger partial charge in [0.1, 0.15) is 18.5 Å². The molecule has 1 saturated heterocycles. The van der Waals surface area contributed by atoms with E-state index in [4.69, 9.17) is 14.2 Å². The minimum atomic E-state index is -0.484. The van der Waals surface area contributed by atoms with Crippen LogP contribution in [-0.2, 0) is 14.3 Å². The van der Waals surface area contributed by atoms with Crippen LogP contribution in [0, 0.1) is 0 Å². The molecular weight excluding hydrogens is 432 g/mol. The lowest BCUT2D eigenvalue weighted by Gasteiger charge is -2.33. The van der Waals surface area contributed by atoms with Crippen molar-refractivity contribution in [2.24, 2.45) is 0 Å². The van der Waals surface area contributed by atoms with Crippen molar-refractivity contribution in [3.05, 3.63) is 95.8 Å². The fourth-order valence-corrected chi connectivity index (χ4v) is 3.69. The number of hydrogen-bond donors (Lipinski definition) is 0. The molecule has 1 unspecified atom stereocenters. The first kappa shape index (κ1) is 23.2. The molecule has 3 aromatic rings. The molecule has 1 atom stereocenters. The molecule has 7 nitrogen and oxygen atoms in total. The second kappa shape index (κ2) is 11.2. The van der Waals surface area contributed by atoms with E-state index in [1.54, 1.807) is 11.0 Å². The fourth-order valence-electron chi connectivity index (χ4n) is 3.69. The molecule has 1 aliphatic heterocycles. The zero-order chi connectivity index (χ0) is 23.8. The van der Waals surface area contributed by atoms with Crippen LogP contribution in [0.3, 0.4) is 0 Å². The topological polar surface area (TPSA) is 78.0 Å². The van der Waals surface area contributed by atoms with Crippen LogP contribution in [0.25, 0.3) is 11.6 Å². The third kappa shape index (κ3) is 5.88. The number of methoxy groups -OCH3 is 1. The van der Waals surface area contributed by atoms with Crippen LogP contribution in [0.5, 0.6) is 5.75 Å². The molecule has 0 saturated carbocycles. The average Bonchev–Trinajstić information content (AvgIpc) is 2.91. The van der Waals surface area contributed by atoms with E-state index in [0.717, 1.165) is 11.1 Å². The molecule has 1 amide bonds. The maximum Gasteiger partial charge on any atom is 0.339 e. The summed E-state index contributed by atoms with van der Waals surface area (Å²) in [5.41, 5.74) is 2.76. The van der Waals surface area contributed by atoms with Crippen LogP contribution < -0.4 is 4.74 Å². The van der Waals surface area contributed by atoms with Crippen LogP contribution in [0.4, 0.5) is 0 Å². The SMILES string of the molecule is COC(=O)c1cncc(OCC2CN(C(=O)/C(=C/c3ccccc3)c3ccccc3)CCO2)c1. The van der Waals surface area contributed by atoms with Crippen LogP contribution in [0.2, 0.25) is 0 Å². The summed E-state index contributed by atoms with van der Waals surface area (Å²) in [6, 6.07) is 21.0. The van der Waals surface area contributed by atoms with Crippen molar-refractivity contribution >= 4 is 23.5 Å². The summed E-state index contributed by atoms with van der Waals surface area (Å²) < 4.78 is 16.4. The molecule has 0 radical (unpaired) electrons. The molecule has 4 rings (SSSR count). The van der Waals surface area contributed by atoms with Gasteiger partial charge in [-0.1, -0.05) is 60.7 Å². The summed E-state index contributed by atoms with van der Waals surface area (Å²) in [4.78, 5) is 31.1. The van der Waals surface area contributed by atoms with Crippen molar-refractivity contribution in [2.75, 3.05) is 33.4 Å². The number of carbonyl (C=O) groups is 2. The minimum absolute atomic E-state index is 0.0577. The molecule has 0 N–H and O–H groups in total. The molecule has 1 aliphatic rings. The van der Waals surface area contributed by atoms with Gasteiger partial charge in [-0.15, -0.1) is 0 Å². The maximum absolute atomic E-state index is 13.6. The molecule has 0 bridgehead atoms. The van der Waals surface area contributed by atoms with Gasteiger partial charge in [0.2, 0.25) is 0 Å². The summed E-state index contributed by atoms with van der Waals surface area (Å²) in [5.74, 6) is -0.108. The van der Waals surface area contributed by atoms with Crippen molar-refractivity contribution in [3.63, 3.8) is 0 Å². The van der Waals surface area contributed by atoms with Gasteiger partial charge in [-0.25, -0.2) is 4.79 Å². The Morgan fingerprint density at radius 3 is 2.53 bits per heavy atom. The molecule has 2 aromatic carbocycles. The highest BCUT2D eigenvalue weighted by atomic mass is 16.5. The third-order valence-electron chi connectivity index (χ3n) is 5.42. The molecule has 0 aliphatic carbocycles. The maximum atomic E-state index is 13.6. The van der Waals surface area contributed by atoms with Crippen molar-refractivity contribution in [1.29, 1.82) is 0 Å². The molecular formula is C27H26N2O5. The third-order valence-corrected chi connectivity index (χ3v) is 5.42. The van der Waals surface area contributed by atoms with Gasteiger partial charge in [0.05, 0.1) is 32.0 Å². The first-order valence-corrected chi connectivity index (χ1v) is 11.0. The van der Waals surface area contributed by atoms with Crippen LogP contribution >= 0.6 is 0 Å². The molecule has 174 valence electrons. The lowest BCUT2D eigenvalue weighted by Crippen LogP contribution is -2.47. The van der Waals surface area contributed by atoms with E-state index in [9.17, 15) is 9.59 Å². The van der Waals surface area contributed by atoms with E-state index in [0.29, 0.717) is 36.6 Å². The second-order valence-electron chi connectivity index (χ2n) is 7.79. The van der Waals surface area contributed by atoms with Crippen LogP contribution in [0.15, 0.2) is 79.1 Å². The highest BCUT2D eigenvalue weighted by molar-refractivity contribution is 6.24. The number of esters is 1. The smallest absolute Gasteiger partial charge is 0.339 e. The normalized spacial score (nSPS) is 16.1. The summed E-state index contributed by atoms with van der Waals surface area (Å²) in [6.45, 7) is 1.52. The first-order chi connectivity index (χ1) is 16.6. The number of morpholine rings is 1. The van der Waals surface area contributed by atoms with Gasteiger partial charge in [0.15, 0.2) is 0 Å². The summed E-state index contributed by atoms with van der Waals surface area (Å²) in [5, 5.41) is 0. The van der Waals surface area contributed by atoms with Gasteiger partial charge in [0.25, 0.3) is 5.91 Å². The predicted octanol–water partition coefficient (Wildman–Crippen LogP) is 3.72. The van der Waals surface area contributed by atoms with E-state index in [1.807, 2.05) is 66.7 Å². The zero-order valence-electron chi connectivity index (χ0n) is 18.9. The zero-order valence-corrected chi connectivity index (χ0v) is 18.9. The number of pyridine rings is 1. The van der Waals surface area contributed by atoms with E-state index < -0.39 is 5.97 Å². The van der Waals surface area contributed by atoms with Gasteiger partial charge in [-0.05, 0) is 23.3 Å². The van der Waals surface area contributed by atoms with Gasteiger partial charge in [-0.2, -0.15) is 0 Å². The Kier molecular flexibility index (Phi) is 7.67. The predicted molar refractivity (Wildman–Crippen MR) is 128 cm³/mol. The summed E-state index contributed by atoms with van der Waals surface area (Å²) in [7, 11) is 1.31. The number of hydrogen-bond acceptors (Lipinski definition) is 6. The average molecular weight is 459 g/mol. The number of rotatable bonds is 7. The molecule has 7 heteroatoms. The van der Waals surface area contributed by atoms with Crippen molar-refractivity contribution < 1.29 is 23.8 Å². The van der Waals surface area contributed by atoms with Gasteiger partial charge in [0, 0.05) is 18.3 Å². The van der Waals surface area contributed by atoms with Gasteiger partial charge >= 0.3 is 5.97 Å². The van der Waals surface area contributed by atoms with Gasteiger partial charge < -0.3 is 19.1 Å². The number of carbonyl (C=O) groups excluding carboxylic acids is 2. The Balaban J connectivity index is 1.46. The first-order valence-electron chi connectivity index (χ1n) is 11.0. The Morgan fingerprint density at radius 2 is 1.79 bits per heavy atom. The van der Waals surface area contributed by atoms with E-state index >= 15 is 0 Å². The number of aromatic nitrogens is 1. The van der Waals surface area contributed by atoms with Crippen molar-refractivity contribution in [2.45, 2.75) is 6.10 Å². The molecule has 2 heterocycles. The van der Waals surface area contributed by atoms with E-state index in [2.05, 4.69) is 4.98 Å². The monoisotopic (exact) mass is 458 g/mol. The standard InChI is InChI=1S/C27H26N2O5/c1-32-27(31)22-15-23(17-28-16-22)34-19-24-18-29(12-13-33-24)26(30)25(21-10-6-3-7-11-21)14-20-8-4-2-5-9-20/h2-11,14-17,24H,12-13,18-19H2,1H3/b25-14+. The largest absolute Gasteiger partial charge is 0.489 e. The second-order valence-corrected chi connectivity index (χ2v) is 7.79. The Hall–Kier alpha value is -3.97. The Morgan fingerprint density at radius 1 is 1.06 bits per heavy atom. The molecule has 1 aromatic heterocycles. The quantitative estimate of drug-likeness (QED) is 0.305. The van der Waals surface area contributed by atoms with Crippen LogP contribution in [0.1, 0.15) is 21.5 Å². The molecule has 1 fully saturated rings. The number of amides is 1. The minimum Gasteiger partial charge on any atom is -0.489 e. The molecule has 0 spiro atoms. The van der Waals surface area contributed by atoms with Crippen molar-refractivity contribution in [3.8, 4) is 5.75 Å². The van der Waals surface area contributed by atoms with E-state index in [1.165, 1.54) is 19.5 Å². The lowest BCUT2D eigenvalue weighted by atomic mass is 10.0. The summed E-state index contributed by atoms with van der Waals surface area (Å²) in [6.07, 6.45) is 4.55. The number of benzene rings is 2. The fraction of sp³-hybridized carbons (Fsp3) is 0.222. The number of nitrogens with zero attached hydrogens (tertiary/aromatic N) is 2. The highest BCUT2D eigenvalue weighted by Crippen LogP contribution is 2.23. The van der Waals surface area contributed by atoms with Crippen molar-refractivity contribution in [1.82, 2.24) is 9.88 Å². The number of ether oxygens (including phenoxy) is 3. The van der Waals surface area contributed by atoms with Crippen LogP contribution in [-0.4, -0.2) is 61.3 Å². The lowest BCUT2D eigenvalue weighted by molar-refractivity contribution is -0.133. The highest BCUT2D eigenvalue weighted by Gasteiger charge is 2.27. The Bertz CT molecular complexity index is 1150. The van der Waals surface area contributed by atoms with Gasteiger partial charge in [-0.3, -0.25) is 9.78 Å². The Labute approximate surface area is 198 Å².